The Hall–Kier alpha value is -1.10. The highest BCUT2D eigenvalue weighted by Gasteiger charge is 2.34. The molecule has 0 bridgehead atoms. The fraction of sp³-hybridized carbons (Fsp3) is 0.833. The highest BCUT2D eigenvalue weighted by atomic mass is 16.4. The first-order chi connectivity index (χ1) is 7.86. The first-order valence-electron chi connectivity index (χ1n) is 6.08. The lowest BCUT2D eigenvalue weighted by molar-refractivity contribution is -0.138. The Morgan fingerprint density at radius 2 is 2.12 bits per heavy atom. The summed E-state index contributed by atoms with van der Waals surface area (Å²) >= 11 is 0. The second kappa shape index (κ2) is 5.49. The number of carboxylic acid groups (broad SMARTS) is 1. The fourth-order valence-corrected chi connectivity index (χ4v) is 2.10. The van der Waals surface area contributed by atoms with E-state index in [2.05, 4.69) is 0 Å². The third kappa shape index (κ3) is 3.70. The molecule has 1 aliphatic heterocycles. The minimum absolute atomic E-state index is 0.0813. The Labute approximate surface area is 102 Å². The van der Waals surface area contributed by atoms with Gasteiger partial charge in [0, 0.05) is 26.1 Å². The predicted molar refractivity (Wildman–Crippen MR) is 64.4 cm³/mol. The van der Waals surface area contributed by atoms with Gasteiger partial charge in [0.15, 0.2) is 0 Å². The quantitative estimate of drug-likeness (QED) is 0.742. The molecule has 1 heterocycles. The van der Waals surface area contributed by atoms with Gasteiger partial charge in [-0.05, 0) is 32.6 Å². The molecule has 1 amide bonds. The minimum Gasteiger partial charge on any atom is -0.481 e. The van der Waals surface area contributed by atoms with E-state index in [9.17, 15) is 9.59 Å². The molecule has 0 aromatic heterocycles. The van der Waals surface area contributed by atoms with Gasteiger partial charge in [-0.1, -0.05) is 0 Å². The van der Waals surface area contributed by atoms with Gasteiger partial charge in [0.2, 0.25) is 5.91 Å². The van der Waals surface area contributed by atoms with Crippen LogP contribution in [0.25, 0.3) is 0 Å². The molecule has 1 atom stereocenters. The number of aliphatic carboxylic acids is 1. The highest BCUT2D eigenvalue weighted by molar-refractivity contribution is 5.82. The van der Waals surface area contributed by atoms with Crippen molar-refractivity contribution >= 4 is 11.9 Å². The lowest BCUT2D eigenvalue weighted by atomic mass is 9.92. The Balaban J connectivity index is 2.45. The Morgan fingerprint density at radius 3 is 2.65 bits per heavy atom. The van der Waals surface area contributed by atoms with E-state index in [1.54, 1.807) is 0 Å². The van der Waals surface area contributed by atoms with Crippen LogP contribution < -0.4 is 5.73 Å². The van der Waals surface area contributed by atoms with E-state index in [-0.39, 0.29) is 12.3 Å². The number of likely N-dealkylation sites (tertiary alicyclic amines) is 1. The molecule has 1 rings (SSSR count). The normalized spacial score (nSPS) is 20.6. The number of amides is 1. The van der Waals surface area contributed by atoms with Crippen molar-refractivity contribution in [2.45, 2.75) is 33.1 Å². The van der Waals surface area contributed by atoms with Crippen molar-refractivity contribution in [2.24, 2.45) is 17.1 Å². The number of hydrogen-bond acceptors (Lipinski definition) is 3. The minimum atomic E-state index is -0.767. The molecule has 5 nitrogen and oxygen atoms in total. The van der Waals surface area contributed by atoms with Gasteiger partial charge in [-0.25, -0.2) is 0 Å². The van der Waals surface area contributed by atoms with Crippen LogP contribution in [0.5, 0.6) is 0 Å². The van der Waals surface area contributed by atoms with Gasteiger partial charge in [0.25, 0.3) is 0 Å². The van der Waals surface area contributed by atoms with E-state index in [1.807, 2.05) is 18.7 Å². The number of carboxylic acids is 1. The summed E-state index contributed by atoms with van der Waals surface area (Å²) in [7, 11) is 0. The Morgan fingerprint density at radius 1 is 1.47 bits per heavy atom. The maximum absolute atomic E-state index is 12.1. The summed E-state index contributed by atoms with van der Waals surface area (Å²) in [6.45, 7) is 5.43. The van der Waals surface area contributed by atoms with Gasteiger partial charge in [0.1, 0.15) is 0 Å². The summed E-state index contributed by atoms with van der Waals surface area (Å²) in [6.07, 6.45) is 1.74. The van der Waals surface area contributed by atoms with Crippen LogP contribution in [0.1, 0.15) is 33.1 Å². The molecular formula is C12H22N2O3. The molecule has 0 aliphatic carbocycles. The van der Waals surface area contributed by atoms with Crippen molar-refractivity contribution in [3.63, 3.8) is 0 Å². The Kier molecular flexibility index (Phi) is 4.51. The van der Waals surface area contributed by atoms with E-state index in [4.69, 9.17) is 10.8 Å². The molecule has 0 radical (unpaired) electrons. The lowest BCUT2D eigenvalue weighted by Crippen LogP contribution is -2.43. The second-order valence-electron chi connectivity index (χ2n) is 5.43. The monoisotopic (exact) mass is 242 g/mol. The molecule has 0 aromatic carbocycles. The van der Waals surface area contributed by atoms with Crippen LogP contribution in [-0.2, 0) is 9.59 Å². The van der Waals surface area contributed by atoms with E-state index in [1.165, 1.54) is 0 Å². The second-order valence-corrected chi connectivity index (χ2v) is 5.43. The van der Waals surface area contributed by atoms with Crippen LogP contribution in [-0.4, -0.2) is 41.5 Å². The van der Waals surface area contributed by atoms with Gasteiger partial charge in [-0.3, -0.25) is 9.59 Å². The molecule has 1 aliphatic rings. The van der Waals surface area contributed by atoms with Crippen LogP contribution in [0.2, 0.25) is 0 Å². The zero-order valence-electron chi connectivity index (χ0n) is 10.6. The molecule has 1 fully saturated rings. The summed E-state index contributed by atoms with van der Waals surface area (Å²) in [5.74, 6) is -0.362. The van der Waals surface area contributed by atoms with E-state index in [0.717, 1.165) is 13.0 Å². The maximum Gasteiger partial charge on any atom is 0.303 e. The van der Waals surface area contributed by atoms with Gasteiger partial charge in [-0.15, -0.1) is 0 Å². The SMILES string of the molecule is CC(C)(CN)C(=O)N1CCC(CCC(=O)O)C1. The molecule has 1 saturated heterocycles. The summed E-state index contributed by atoms with van der Waals surface area (Å²) < 4.78 is 0. The molecule has 3 N–H and O–H groups in total. The third-order valence-electron chi connectivity index (χ3n) is 3.43. The van der Waals surface area contributed by atoms with Gasteiger partial charge < -0.3 is 15.7 Å². The lowest BCUT2D eigenvalue weighted by Gasteiger charge is -2.28. The molecule has 0 saturated carbocycles. The molecule has 0 spiro atoms. The average Bonchev–Trinajstić information content (AvgIpc) is 2.73. The van der Waals surface area contributed by atoms with Crippen molar-refractivity contribution in [1.29, 1.82) is 0 Å². The summed E-state index contributed by atoms with van der Waals surface area (Å²) in [5, 5.41) is 8.62. The van der Waals surface area contributed by atoms with Crippen LogP contribution >= 0.6 is 0 Å². The number of rotatable bonds is 5. The fourth-order valence-electron chi connectivity index (χ4n) is 2.10. The van der Waals surface area contributed by atoms with Crippen molar-refractivity contribution in [2.75, 3.05) is 19.6 Å². The number of nitrogens with zero attached hydrogens (tertiary/aromatic N) is 1. The van der Waals surface area contributed by atoms with Crippen LogP contribution in [0.4, 0.5) is 0 Å². The van der Waals surface area contributed by atoms with Crippen molar-refractivity contribution in [3.8, 4) is 0 Å². The standard InChI is InChI=1S/C12H22N2O3/c1-12(2,8-13)11(17)14-6-5-9(7-14)3-4-10(15)16/h9H,3-8,13H2,1-2H3,(H,15,16). The number of carbonyl (C=O) groups is 2. The van der Waals surface area contributed by atoms with E-state index >= 15 is 0 Å². The third-order valence-corrected chi connectivity index (χ3v) is 3.43. The largest absolute Gasteiger partial charge is 0.481 e. The Bertz CT molecular complexity index is 302. The summed E-state index contributed by atoms with van der Waals surface area (Å²) in [6, 6.07) is 0. The molecule has 0 aromatic rings. The zero-order valence-corrected chi connectivity index (χ0v) is 10.6. The van der Waals surface area contributed by atoms with Gasteiger partial charge >= 0.3 is 5.97 Å². The topological polar surface area (TPSA) is 83.6 Å². The van der Waals surface area contributed by atoms with Crippen molar-refractivity contribution in [3.05, 3.63) is 0 Å². The number of nitrogens with two attached hydrogens (primary N) is 1. The van der Waals surface area contributed by atoms with E-state index in [0.29, 0.717) is 25.4 Å². The van der Waals surface area contributed by atoms with Gasteiger partial charge in [-0.2, -0.15) is 0 Å². The first kappa shape index (κ1) is 14.0. The zero-order chi connectivity index (χ0) is 13.1. The van der Waals surface area contributed by atoms with Gasteiger partial charge in [0.05, 0.1) is 5.41 Å². The van der Waals surface area contributed by atoms with Crippen LogP contribution in [0.15, 0.2) is 0 Å². The van der Waals surface area contributed by atoms with Crippen LogP contribution in [0.3, 0.4) is 0 Å². The smallest absolute Gasteiger partial charge is 0.303 e. The average molecular weight is 242 g/mol. The molecular weight excluding hydrogens is 220 g/mol. The molecule has 1 unspecified atom stereocenters. The van der Waals surface area contributed by atoms with Crippen LogP contribution in [0, 0.1) is 11.3 Å². The molecule has 5 heteroatoms. The maximum atomic E-state index is 12.1. The van der Waals surface area contributed by atoms with Crippen molar-refractivity contribution in [1.82, 2.24) is 4.90 Å². The molecule has 98 valence electrons. The van der Waals surface area contributed by atoms with E-state index < -0.39 is 11.4 Å². The summed E-state index contributed by atoms with van der Waals surface area (Å²) in [4.78, 5) is 24.4. The number of carbonyl (C=O) groups excluding carboxylic acids is 1. The predicted octanol–water partition coefficient (Wildman–Crippen LogP) is 0.685. The number of hydrogen-bond donors (Lipinski definition) is 2. The highest BCUT2D eigenvalue weighted by Crippen LogP contribution is 2.26. The molecule has 17 heavy (non-hydrogen) atoms. The summed E-state index contributed by atoms with van der Waals surface area (Å²) in [5.41, 5.74) is 5.07. The first-order valence-corrected chi connectivity index (χ1v) is 6.08. The van der Waals surface area contributed by atoms with Crippen molar-refractivity contribution < 1.29 is 14.7 Å².